The number of benzene rings is 2. The van der Waals surface area contributed by atoms with Gasteiger partial charge < -0.3 is 24.6 Å². The second-order valence-electron chi connectivity index (χ2n) is 7.18. The third kappa shape index (κ3) is 6.37. The van der Waals surface area contributed by atoms with Crippen molar-refractivity contribution in [2.45, 2.75) is 52.7 Å². The van der Waals surface area contributed by atoms with Gasteiger partial charge in [0.15, 0.2) is 11.5 Å². The van der Waals surface area contributed by atoms with Crippen molar-refractivity contribution in [2.75, 3.05) is 0 Å². The summed E-state index contributed by atoms with van der Waals surface area (Å²) in [5.41, 5.74) is 0.458. The van der Waals surface area contributed by atoms with E-state index in [9.17, 15) is 5.11 Å². The van der Waals surface area contributed by atoms with Gasteiger partial charge in [0.2, 0.25) is 0 Å². The van der Waals surface area contributed by atoms with Gasteiger partial charge >= 0.3 is 7.69 Å². The van der Waals surface area contributed by atoms with Crippen LogP contribution in [0, 0.1) is 13.8 Å². The predicted octanol–water partition coefficient (Wildman–Crippen LogP) is 3.26. The first-order valence-electron chi connectivity index (χ1n) is 8.48. The van der Waals surface area contributed by atoms with Crippen molar-refractivity contribution in [3.05, 3.63) is 53.6 Å². The molecule has 6 heteroatoms. The molecule has 0 aliphatic carbocycles. The van der Waals surface area contributed by atoms with E-state index in [1.165, 1.54) is 0 Å². The Morgan fingerprint density at radius 2 is 1.42 bits per heavy atom. The smallest absolute Gasteiger partial charge is 0.432 e. The standard InChI is InChI=1S/C20H26O3.BH3O2/c1-14-8-7-9-16(12-14)22-17-11-10-15(2)13-18(17)23-20(5,6)19(3,4)21;2-1-3/h7-13,21H,1-6H3;1-3H. The Morgan fingerprint density at radius 3 is 1.96 bits per heavy atom. The lowest BCUT2D eigenvalue weighted by molar-refractivity contribution is -0.0913. The van der Waals surface area contributed by atoms with Gasteiger partial charge in [0.25, 0.3) is 0 Å². The van der Waals surface area contributed by atoms with Gasteiger partial charge in [-0.1, -0.05) is 18.2 Å². The molecule has 0 saturated heterocycles. The third-order valence-electron chi connectivity index (χ3n) is 4.16. The van der Waals surface area contributed by atoms with E-state index < -0.39 is 18.9 Å². The first-order chi connectivity index (χ1) is 12.0. The summed E-state index contributed by atoms with van der Waals surface area (Å²) in [6, 6.07) is 13.7. The molecule has 2 aromatic carbocycles. The molecule has 0 amide bonds. The lowest BCUT2D eigenvalue weighted by Crippen LogP contribution is -2.49. The van der Waals surface area contributed by atoms with Gasteiger partial charge in [-0.05, 0) is 76.9 Å². The molecular weight excluding hydrogens is 331 g/mol. The molecular formula is C20H29BO5. The van der Waals surface area contributed by atoms with Crippen molar-refractivity contribution in [1.29, 1.82) is 0 Å². The summed E-state index contributed by atoms with van der Waals surface area (Å²) in [5, 5.41) is 24.6. The Morgan fingerprint density at radius 1 is 0.846 bits per heavy atom. The topological polar surface area (TPSA) is 79.2 Å². The number of hydrogen-bond donors (Lipinski definition) is 3. The number of aryl methyl sites for hydroxylation is 2. The highest BCUT2D eigenvalue weighted by atomic mass is 16.5. The number of ether oxygens (including phenoxy) is 2. The van der Waals surface area contributed by atoms with Crippen LogP contribution in [0.3, 0.4) is 0 Å². The fourth-order valence-corrected chi connectivity index (χ4v) is 1.98. The SMILES string of the molecule is Cc1cccc(Oc2ccc(C)cc2OC(C)(C)C(C)(C)O)c1.OBO. The summed E-state index contributed by atoms with van der Waals surface area (Å²) < 4.78 is 12.1. The quantitative estimate of drug-likeness (QED) is 0.714. The van der Waals surface area contributed by atoms with Crippen LogP contribution >= 0.6 is 0 Å². The van der Waals surface area contributed by atoms with Crippen LogP contribution in [-0.4, -0.2) is 34.0 Å². The number of hydrogen-bond acceptors (Lipinski definition) is 5. The van der Waals surface area contributed by atoms with Crippen LogP contribution in [0.25, 0.3) is 0 Å². The van der Waals surface area contributed by atoms with E-state index in [2.05, 4.69) is 0 Å². The summed E-state index contributed by atoms with van der Waals surface area (Å²) in [5.74, 6) is 2.02. The van der Waals surface area contributed by atoms with E-state index in [4.69, 9.17) is 19.5 Å². The Bertz CT molecular complexity index is 708. The van der Waals surface area contributed by atoms with Gasteiger partial charge in [-0.25, -0.2) is 0 Å². The molecule has 2 rings (SSSR count). The minimum absolute atomic E-state index is 0.624. The van der Waals surface area contributed by atoms with E-state index >= 15 is 0 Å². The summed E-state index contributed by atoms with van der Waals surface area (Å²) in [6.07, 6.45) is 0. The van der Waals surface area contributed by atoms with Crippen molar-refractivity contribution < 1.29 is 24.6 Å². The maximum Gasteiger partial charge on any atom is 0.432 e. The molecule has 0 bridgehead atoms. The van der Waals surface area contributed by atoms with Crippen LogP contribution in [-0.2, 0) is 0 Å². The van der Waals surface area contributed by atoms with Crippen molar-refractivity contribution in [2.24, 2.45) is 0 Å². The lowest BCUT2D eigenvalue weighted by atomic mass is 9.89. The van der Waals surface area contributed by atoms with Gasteiger partial charge in [-0.3, -0.25) is 0 Å². The zero-order valence-electron chi connectivity index (χ0n) is 16.4. The molecule has 0 atom stereocenters. The van der Waals surface area contributed by atoms with Crippen LogP contribution in [0.4, 0.5) is 0 Å². The summed E-state index contributed by atoms with van der Waals surface area (Å²) >= 11 is 0. The largest absolute Gasteiger partial charge is 0.481 e. The van der Waals surface area contributed by atoms with E-state index in [1.54, 1.807) is 13.8 Å². The van der Waals surface area contributed by atoms with Gasteiger partial charge in [0.1, 0.15) is 11.4 Å². The molecule has 0 radical (unpaired) electrons. The van der Waals surface area contributed by atoms with Crippen LogP contribution in [0.1, 0.15) is 38.8 Å². The van der Waals surface area contributed by atoms with Gasteiger partial charge in [0.05, 0.1) is 5.60 Å². The normalized spacial score (nSPS) is 11.3. The lowest BCUT2D eigenvalue weighted by Gasteiger charge is -2.37. The number of aliphatic hydroxyl groups is 1. The first kappa shape index (κ1) is 22.0. The number of rotatable bonds is 5. The molecule has 0 saturated carbocycles. The van der Waals surface area contributed by atoms with E-state index in [0.717, 1.165) is 16.9 Å². The van der Waals surface area contributed by atoms with Crippen molar-refractivity contribution in [3.8, 4) is 17.2 Å². The minimum Gasteiger partial charge on any atom is -0.481 e. The molecule has 0 aliphatic heterocycles. The van der Waals surface area contributed by atoms with Gasteiger partial charge in [-0.15, -0.1) is 0 Å². The molecule has 0 aliphatic rings. The minimum atomic E-state index is -0.989. The van der Waals surface area contributed by atoms with Crippen LogP contribution in [0.15, 0.2) is 42.5 Å². The highest BCUT2D eigenvalue weighted by molar-refractivity contribution is 6.13. The summed E-state index contributed by atoms with van der Waals surface area (Å²) in [6.45, 7) is 11.2. The molecule has 5 nitrogen and oxygen atoms in total. The van der Waals surface area contributed by atoms with Crippen LogP contribution < -0.4 is 9.47 Å². The fraction of sp³-hybridized carbons (Fsp3) is 0.400. The Balaban J connectivity index is 0.00000105. The third-order valence-corrected chi connectivity index (χ3v) is 4.16. The predicted molar refractivity (Wildman–Crippen MR) is 105 cm³/mol. The Hall–Kier alpha value is -2.02. The molecule has 0 aromatic heterocycles. The van der Waals surface area contributed by atoms with E-state index in [0.29, 0.717) is 11.5 Å². The molecule has 0 spiro atoms. The van der Waals surface area contributed by atoms with Crippen LogP contribution in [0.5, 0.6) is 17.2 Å². The Labute approximate surface area is 156 Å². The second-order valence-corrected chi connectivity index (χ2v) is 7.18. The average Bonchev–Trinajstić information content (AvgIpc) is 2.49. The maximum atomic E-state index is 10.3. The highest BCUT2D eigenvalue weighted by Crippen LogP contribution is 2.37. The highest BCUT2D eigenvalue weighted by Gasteiger charge is 2.38. The monoisotopic (exact) mass is 360 g/mol. The Kier molecular flexibility index (Phi) is 7.69. The molecule has 0 heterocycles. The molecule has 0 fully saturated rings. The zero-order valence-corrected chi connectivity index (χ0v) is 16.4. The van der Waals surface area contributed by atoms with Crippen LogP contribution in [0.2, 0.25) is 0 Å². The van der Waals surface area contributed by atoms with E-state index in [-0.39, 0.29) is 0 Å². The van der Waals surface area contributed by atoms with Crippen molar-refractivity contribution >= 4 is 7.69 Å². The molecule has 3 N–H and O–H groups in total. The fourth-order valence-electron chi connectivity index (χ4n) is 1.98. The van der Waals surface area contributed by atoms with Gasteiger partial charge in [0, 0.05) is 0 Å². The molecule has 0 unspecified atom stereocenters. The van der Waals surface area contributed by atoms with Gasteiger partial charge in [-0.2, -0.15) is 0 Å². The van der Waals surface area contributed by atoms with Crippen molar-refractivity contribution in [3.63, 3.8) is 0 Å². The summed E-state index contributed by atoms with van der Waals surface area (Å²) in [7, 11) is -0.750. The zero-order chi connectivity index (χ0) is 20.0. The molecule has 142 valence electrons. The molecule has 26 heavy (non-hydrogen) atoms. The average molecular weight is 360 g/mol. The second kappa shape index (κ2) is 9.08. The first-order valence-corrected chi connectivity index (χ1v) is 8.48. The summed E-state index contributed by atoms with van der Waals surface area (Å²) in [4.78, 5) is 0. The van der Waals surface area contributed by atoms with E-state index in [1.807, 2.05) is 70.2 Å². The molecule has 2 aromatic rings. The maximum absolute atomic E-state index is 10.3. The van der Waals surface area contributed by atoms with Crippen molar-refractivity contribution in [1.82, 2.24) is 0 Å².